The molecule has 1 aromatic heterocycles. The van der Waals surface area contributed by atoms with Crippen LogP contribution in [0.1, 0.15) is 29.4 Å². The number of hydrogen-bond acceptors (Lipinski definition) is 5. The Kier molecular flexibility index (Phi) is 7.81. The molecule has 1 fully saturated rings. The van der Waals surface area contributed by atoms with Crippen LogP contribution in [0.2, 0.25) is 0 Å². The van der Waals surface area contributed by atoms with E-state index < -0.39 is 33.5 Å². The lowest BCUT2D eigenvalue weighted by Crippen LogP contribution is -2.53. The molecule has 0 spiro atoms. The predicted octanol–water partition coefficient (Wildman–Crippen LogP) is 4.01. The van der Waals surface area contributed by atoms with Gasteiger partial charge < -0.3 is 5.11 Å². The van der Waals surface area contributed by atoms with E-state index in [9.17, 15) is 39.9 Å². The molecular formula is C23H27F6N3O3S. The Morgan fingerprint density at radius 1 is 0.944 bits per heavy atom. The Labute approximate surface area is 205 Å². The Morgan fingerprint density at radius 3 is 1.97 bits per heavy atom. The number of sulfonamides is 1. The molecule has 36 heavy (non-hydrogen) atoms. The van der Waals surface area contributed by atoms with E-state index in [1.54, 1.807) is 12.1 Å². The van der Waals surface area contributed by atoms with Gasteiger partial charge in [-0.15, -0.1) is 0 Å². The summed E-state index contributed by atoms with van der Waals surface area (Å²) in [7, 11) is -3.25. The number of rotatable bonds is 6. The fourth-order valence-electron chi connectivity index (χ4n) is 4.28. The van der Waals surface area contributed by atoms with Crippen molar-refractivity contribution >= 4 is 10.0 Å². The van der Waals surface area contributed by atoms with Gasteiger partial charge in [0.2, 0.25) is 10.0 Å². The number of aliphatic hydroxyl groups is 1. The van der Waals surface area contributed by atoms with Crippen molar-refractivity contribution in [3.63, 3.8) is 0 Å². The lowest BCUT2D eigenvalue weighted by Gasteiger charge is -2.33. The number of pyridine rings is 1. The van der Waals surface area contributed by atoms with Crippen LogP contribution < -0.4 is 0 Å². The molecule has 1 N–H and O–H groups in total. The minimum atomic E-state index is -5.95. The van der Waals surface area contributed by atoms with E-state index >= 15 is 0 Å². The zero-order valence-electron chi connectivity index (χ0n) is 19.9. The van der Waals surface area contributed by atoms with Gasteiger partial charge in [0.1, 0.15) is 0 Å². The van der Waals surface area contributed by atoms with Crippen molar-refractivity contribution in [2.24, 2.45) is 0 Å². The maximum absolute atomic E-state index is 13.3. The van der Waals surface area contributed by atoms with Crippen LogP contribution in [0.4, 0.5) is 26.3 Å². The second-order valence-corrected chi connectivity index (χ2v) is 10.8. The average Bonchev–Trinajstić information content (AvgIpc) is 2.77. The summed E-state index contributed by atoms with van der Waals surface area (Å²) >= 11 is 0. The monoisotopic (exact) mass is 539 g/mol. The fourth-order valence-corrected chi connectivity index (χ4v) is 5.10. The summed E-state index contributed by atoms with van der Waals surface area (Å²) < 4.78 is 104. The number of benzene rings is 1. The first-order valence-electron chi connectivity index (χ1n) is 11.1. The third kappa shape index (κ3) is 5.53. The van der Waals surface area contributed by atoms with Crippen LogP contribution in [-0.4, -0.2) is 72.5 Å². The summed E-state index contributed by atoms with van der Waals surface area (Å²) in [5.41, 5.74) is -3.88. The highest BCUT2D eigenvalue weighted by Gasteiger charge is 2.71. The molecule has 0 radical (unpaired) electrons. The van der Waals surface area contributed by atoms with Crippen molar-refractivity contribution in [3.05, 3.63) is 52.8 Å². The number of aromatic nitrogens is 1. The van der Waals surface area contributed by atoms with Gasteiger partial charge in [-0.3, -0.25) is 9.88 Å². The second-order valence-electron chi connectivity index (χ2n) is 8.82. The standard InChI is InChI=1S/C23H27F6N3O3S/c1-4-20-19(8-6-17(30-20)14-31-9-11-32(12-10-31)36(3,34)35)18-7-5-16(13-15(18)2)21(33,22(24,25)26)23(27,28)29/h5-8,13,33H,4,9-12,14H2,1-3H3. The molecule has 1 aromatic carbocycles. The minimum absolute atomic E-state index is 0.126. The zero-order valence-corrected chi connectivity index (χ0v) is 20.7. The van der Waals surface area contributed by atoms with Crippen molar-refractivity contribution < 1.29 is 39.9 Å². The summed E-state index contributed by atoms with van der Waals surface area (Å²) in [6.45, 7) is 5.46. The van der Waals surface area contributed by atoms with Crippen LogP contribution >= 0.6 is 0 Å². The van der Waals surface area contributed by atoms with E-state index in [1.165, 1.54) is 11.2 Å². The number of aryl methyl sites for hydroxylation is 2. The molecule has 2 aromatic rings. The first kappa shape index (κ1) is 28.4. The summed E-state index contributed by atoms with van der Waals surface area (Å²) in [5, 5.41) is 9.69. The smallest absolute Gasteiger partial charge is 0.369 e. The fraction of sp³-hybridized carbons (Fsp3) is 0.522. The minimum Gasteiger partial charge on any atom is -0.369 e. The summed E-state index contributed by atoms with van der Waals surface area (Å²) in [5.74, 6) is 0. The van der Waals surface area contributed by atoms with Gasteiger partial charge >= 0.3 is 12.4 Å². The van der Waals surface area contributed by atoms with Crippen molar-refractivity contribution in [2.45, 2.75) is 44.8 Å². The van der Waals surface area contributed by atoms with Gasteiger partial charge in [0.15, 0.2) is 0 Å². The average molecular weight is 540 g/mol. The molecule has 0 saturated carbocycles. The molecule has 3 rings (SSSR count). The van der Waals surface area contributed by atoms with E-state index in [4.69, 9.17) is 0 Å². The van der Waals surface area contributed by atoms with Gasteiger partial charge in [0.05, 0.1) is 11.9 Å². The number of halogens is 6. The molecule has 1 aliphatic heterocycles. The van der Waals surface area contributed by atoms with E-state index in [0.717, 1.165) is 12.3 Å². The quantitative estimate of drug-likeness (QED) is 0.562. The SMILES string of the molecule is CCc1nc(CN2CCN(S(C)(=O)=O)CC2)ccc1-c1ccc(C(O)(C(F)(F)F)C(F)(F)F)cc1C. The van der Waals surface area contributed by atoms with Crippen molar-refractivity contribution in [2.75, 3.05) is 32.4 Å². The van der Waals surface area contributed by atoms with Crippen LogP contribution in [0.25, 0.3) is 11.1 Å². The summed E-state index contributed by atoms with van der Waals surface area (Å²) in [6.07, 6.45) is -10.3. The predicted molar refractivity (Wildman–Crippen MR) is 121 cm³/mol. The first-order chi connectivity index (χ1) is 16.5. The highest BCUT2D eigenvalue weighted by Crippen LogP contribution is 2.50. The highest BCUT2D eigenvalue weighted by atomic mass is 32.2. The molecule has 200 valence electrons. The van der Waals surface area contributed by atoms with Crippen LogP contribution in [0.5, 0.6) is 0 Å². The Morgan fingerprint density at radius 2 is 1.50 bits per heavy atom. The second kappa shape index (κ2) is 9.92. The van der Waals surface area contributed by atoms with E-state index in [2.05, 4.69) is 9.88 Å². The summed E-state index contributed by atoms with van der Waals surface area (Å²) in [6, 6.07) is 5.92. The zero-order chi connectivity index (χ0) is 27.1. The maximum atomic E-state index is 13.3. The van der Waals surface area contributed by atoms with Gasteiger partial charge in [-0.25, -0.2) is 8.42 Å². The normalized spacial score (nSPS) is 16.9. The van der Waals surface area contributed by atoms with Gasteiger partial charge in [-0.2, -0.15) is 30.6 Å². The Balaban J connectivity index is 1.87. The molecule has 0 amide bonds. The van der Waals surface area contributed by atoms with Crippen molar-refractivity contribution in [3.8, 4) is 11.1 Å². The molecule has 1 saturated heterocycles. The molecule has 6 nitrogen and oxygen atoms in total. The van der Waals surface area contributed by atoms with E-state index in [-0.39, 0.29) is 5.56 Å². The summed E-state index contributed by atoms with van der Waals surface area (Å²) in [4.78, 5) is 6.69. The van der Waals surface area contributed by atoms with Gasteiger partial charge in [0, 0.05) is 49.5 Å². The van der Waals surface area contributed by atoms with Crippen LogP contribution in [0, 0.1) is 6.92 Å². The van der Waals surface area contributed by atoms with Gasteiger partial charge in [0.25, 0.3) is 5.60 Å². The topological polar surface area (TPSA) is 73.7 Å². The first-order valence-corrected chi connectivity index (χ1v) is 13.0. The van der Waals surface area contributed by atoms with Crippen LogP contribution in [0.15, 0.2) is 30.3 Å². The van der Waals surface area contributed by atoms with E-state index in [1.807, 2.05) is 6.92 Å². The third-order valence-electron chi connectivity index (χ3n) is 6.31. The molecular weight excluding hydrogens is 512 g/mol. The van der Waals surface area contributed by atoms with E-state index in [0.29, 0.717) is 73.8 Å². The largest absolute Gasteiger partial charge is 0.430 e. The lowest BCUT2D eigenvalue weighted by atomic mass is 9.88. The van der Waals surface area contributed by atoms with Gasteiger partial charge in [-0.05, 0) is 30.5 Å². The van der Waals surface area contributed by atoms with Crippen LogP contribution in [-0.2, 0) is 28.6 Å². The maximum Gasteiger partial charge on any atom is 0.430 e. The Hall–Kier alpha value is -2.22. The number of nitrogens with zero attached hydrogens (tertiary/aromatic N) is 3. The number of hydrogen-bond donors (Lipinski definition) is 1. The van der Waals surface area contributed by atoms with Gasteiger partial charge in [-0.1, -0.05) is 31.2 Å². The van der Waals surface area contributed by atoms with Crippen LogP contribution in [0.3, 0.4) is 0 Å². The molecule has 0 bridgehead atoms. The molecule has 0 atom stereocenters. The molecule has 0 unspecified atom stereocenters. The lowest BCUT2D eigenvalue weighted by molar-refractivity contribution is -0.376. The number of alkyl halides is 6. The molecule has 13 heteroatoms. The third-order valence-corrected chi connectivity index (χ3v) is 7.61. The number of piperazine rings is 1. The van der Waals surface area contributed by atoms with Crippen molar-refractivity contribution in [1.29, 1.82) is 0 Å². The van der Waals surface area contributed by atoms with Crippen molar-refractivity contribution in [1.82, 2.24) is 14.2 Å². The Bertz CT molecular complexity index is 1190. The highest BCUT2D eigenvalue weighted by molar-refractivity contribution is 7.88. The molecule has 0 aliphatic carbocycles. The molecule has 2 heterocycles. The molecule has 1 aliphatic rings.